The third-order valence-corrected chi connectivity index (χ3v) is 5.65. The fourth-order valence-electron chi connectivity index (χ4n) is 3.05. The lowest BCUT2D eigenvalue weighted by Crippen LogP contribution is -2.51. The SMILES string of the molecule is Cc1csc(CC(=O)NNC(=O)CN2CCN(Cc3cccc(Cl)c3)CC2)n1. The topological polar surface area (TPSA) is 77.6 Å². The number of nitrogens with one attached hydrogen (secondary N) is 2. The number of nitrogens with zero attached hydrogens (tertiary/aromatic N) is 3. The van der Waals surface area contributed by atoms with E-state index in [4.69, 9.17) is 11.6 Å². The zero-order valence-corrected chi connectivity index (χ0v) is 17.4. The average molecular weight is 422 g/mol. The second kappa shape index (κ2) is 9.97. The van der Waals surface area contributed by atoms with Gasteiger partial charge in [-0.1, -0.05) is 23.7 Å². The summed E-state index contributed by atoms with van der Waals surface area (Å²) in [4.78, 5) is 32.6. The van der Waals surface area contributed by atoms with Gasteiger partial charge in [-0.05, 0) is 24.6 Å². The molecule has 1 aliphatic rings. The first-order chi connectivity index (χ1) is 13.5. The van der Waals surface area contributed by atoms with Crippen LogP contribution in [0.1, 0.15) is 16.3 Å². The Bertz CT molecular complexity index is 820. The molecule has 28 heavy (non-hydrogen) atoms. The molecule has 0 bridgehead atoms. The first-order valence-electron chi connectivity index (χ1n) is 9.16. The molecule has 0 spiro atoms. The highest BCUT2D eigenvalue weighted by Gasteiger charge is 2.19. The van der Waals surface area contributed by atoms with Crippen molar-refractivity contribution in [3.8, 4) is 0 Å². The Morgan fingerprint density at radius 2 is 1.86 bits per heavy atom. The third kappa shape index (κ3) is 6.56. The van der Waals surface area contributed by atoms with Crippen LogP contribution in [0, 0.1) is 6.92 Å². The van der Waals surface area contributed by atoms with E-state index in [1.54, 1.807) is 0 Å². The van der Waals surface area contributed by atoms with Crippen molar-refractivity contribution < 1.29 is 9.59 Å². The molecule has 9 heteroatoms. The Morgan fingerprint density at radius 3 is 2.54 bits per heavy atom. The van der Waals surface area contributed by atoms with Gasteiger partial charge in [-0.25, -0.2) is 4.98 Å². The van der Waals surface area contributed by atoms with Crippen LogP contribution >= 0.6 is 22.9 Å². The van der Waals surface area contributed by atoms with Crippen LogP contribution in [0.25, 0.3) is 0 Å². The minimum absolute atomic E-state index is 0.168. The number of halogens is 1. The fraction of sp³-hybridized carbons (Fsp3) is 0.421. The van der Waals surface area contributed by atoms with Crippen molar-refractivity contribution >= 4 is 34.8 Å². The van der Waals surface area contributed by atoms with Crippen molar-refractivity contribution in [1.29, 1.82) is 0 Å². The van der Waals surface area contributed by atoms with Crippen LogP contribution in [0.5, 0.6) is 0 Å². The first-order valence-corrected chi connectivity index (χ1v) is 10.4. The molecule has 2 N–H and O–H groups in total. The zero-order valence-electron chi connectivity index (χ0n) is 15.8. The van der Waals surface area contributed by atoms with Crippen LogP contribution < -0.4 is 10.9 Å². The van der Waals surface area contributed by atoms with Crippen molar-refractivity contribution in [3.63, 3.8) is 0 Å². The number of rotatable bonds is 6. The second-order valence-electron chi connectivity index (χ2n) is 6.84. The highest BCUT2D eigenvalue weighted by atomic mass is 35.5. The van der Waals surface area contributed by atoms with Gasteiger partial charge in [-0.15, -0.1) is 11.3 Å². The second-order valence-corrected chi connectivity index (χ2v) is 8.22. The molecule has 3 rings (SSSR count). The van der Waals surface area contributed by atoms with E-state index in [2.05, 4.69) is 31.7 Å². The maximum atomic E-state index is 12.1. The Balaban J connectivity index is 1.33. The monoisotopic (exact) mass is 421 g/mol. The van der Waals surface area contributed by atoms with Crippen molar-refractivity contribution in [3.05, 3.63) is 50.9 Å². The van der Waals surface area contributed by atoms with Gasteiger partial charge in [-0.3, -0.25) is 30.2 Å². The Morgan fingerprint density at radius 1 is 1.14 bits per heavy atom. The van der Waals surface area contributed by atoms with Gasteiger partial charge in [0.2, 0.25) is 5.91 Å². The minimum atomic E-state index is -0.269. The number of carbonyl (C=O) groups is 2. The number of aromatic nitrogens is 1. The standard InChI is InChI=1S/C19H24ClN5O2S/c1-14-13-28-19(21-14)10-17(26)22-23-18(27)12-25-7-5-24(6-8-25)11-15-3-2-4-16(20)9-15/h2-4,9,13H,5-8,10-12H2,1H3,(H,22,26)(H,23,27). The van der Waals surface area contributed by atoms with Crippen LogP contribution in [0.15, 0.2) is 29.6 Å². The molecule has 0 radical (unpaired) electrons. The number of thiazole rings is 1. The molecule has 150 valence electrons. The molecule has 2 amide bonds. The maximum absolute atomic E-state index is 12.1. The lowest BCUT2D eigenvalue weighted by atomic mass is 10.2. The molecule has 2 heterocycles. The number of hydrazine groups is 1. The summed E-state index contributed by atoms with van der Waals surface area (Å²) in [5.74, 6) is -0.485. The Labute approximate surface area is 173 Å². The van der Waals surface area contributed by atoms with E-state index in [0.717, 1.165) is 48.4 Å². The third-order valence-electron chi connectivity index (χ3n) is 4.45. The summed E-state index contributed by atoms with van der Waals surface area (Å²) in [6.07, 6.45) is 0.168. The van der Waals surface area contributed by atoms with Gasteiger partial charge >= 0.3 is 0 Å². The number of hydrogen-bond donors (Lipinski definition) is 2. The van der Waals surface area contributed by atoms with Crippen LogP contribution in [-0.4, -0.2) is 59.3 Å². The Hall–Kier alpha value is -2.00. The van der Waals surface area contributed by atoms with Gasteiger partial charge in [-0.2, -0.15) is 0 Å². The fourth-order valence-corrected chi connectivity index (χ4v) is 4.03. The summed E-state index contributed by atoms with van der Waals surface area (Å²) < 4.78 is 0. The van der Waals surface area contributed by atoms with E-state index >= 15 is 0 Å². The number of benzene rings is 1. The van der Waals surface area contributed by atoms with Gasteiger partial charge in [0.1, 0.15) is 5.01 Å². The molecule has 2 aromatic rings. The summed E-state index contributed by atoms with van der Waals surface area (Å²) >= 11 is 7.47. The maximum Gasteiger partial charge on any atom is 0.252 e. The van der Waals surface area contributed by atoms with Crippen molar-refractivity contribution in [2.24, 2.45) is 0 Å². The van der Waals surface area contributed by atoms with Crippen LogP contribution in [0.3, 0.4) is 0 Å². The van der Waals surface area contributed by atoms with Gasteiger partial charge in [0.15, 0.2) is 0 Å². The van der Waals surface area contributed by atoms with Crippen molar-refractivity contribution in [2.45, 2.75) is 19.9 Å². The summed E-state index contributed by atoms with van der Waals surface area (Å²) in [5.41, 5.74) is 7.02. The first kappa shape index (κ1) is 20.7. The van der Waals surface area contributed by atoms with E-state index in [9.17, 15) is 9.59 Å². The number of aryl methyl sites for hydroxylation is 1. The molecule has 1 aromatic carbocycles. The van der Waals surface area contributed by atoms with Crippen molar-refractivity contribution in [2.75, 3.05) is 32.7 Å². The summed E-state index contributed by atoms with van der Waals surface area (Å²) in [6.45, 7) is 6.38. The summed E-state index contributed by atoms with van der Waals surface area (Å²) in [7, 11) is 0. The predicted molar refractivity (Wildman–Crippen MR) is 110 cm³/mol. The molecule has 0 unspecified atom stereocenters. The lowest BCUT2D eigenvalue weighted by molar-refractivity contribution is -0.129. The molecule has 1 aromatic heterocycles. The van der Waals surface area contributed by atoms with Gasteiger partial charge in [0, 0.05) is 48.8 Å². The van der Waals surface area contributed by atoms with Gasteiger partial charge in [0.05, 0.1) is 13.0 Å². The molecule has 0 saturated carbocycles. The smallest absolute Gasteiger partial charge is 0.252 e. The van der Waals surface area contributed by atoms with Crippen LogP contribution in [-0.2, 0) is 22.6 Å². The molecular formula is C19H24ClN5O2S. The van der Waals surface area contributed by atoms with Gasteiger partial charge < -0.3 is 0 Å². The molecule has 0 aliphatic carbocycles. The molecular weight excluding hydrogens is 398 g/mol. The molecule has 7 nitrogen and oxygen atoms in total. The largest absolute Gasteiger partial charge is 0.297 e. The highest BCUT2D eigenvalue weighted by Crippen LogP contribution is 2.14. The molecule has 1 fully saturated rings. The van der Waals surface area contributed by atoms with Crippen LogP contribution in [0.4, 0.5) is 0 Å². The number of amides is 2. The number of piperazine rings is 1. The lowest BCUT2D eigenvalue weighted by Gasteiger charge is -2.34. The molecule has 1 saturated heterocycles. The quantitative estimate of drug-likeness (QED) is 0.693. The molecule has 0 atom stereocenters. The summed E-state index contributed by atoms with van der Waals surface area (Å²) in [6, 6.07) is 7.89. The predicted octanol–water partition coefficient (Wildman–Crippen LogP) is 1.61. The number of hydrogen-bond acceptors (Lipinski definition) is 6. The van der Waals surface area contributed by atoms with E-state index in [0.29, 0.717) is 0 Å². The zero-order chi connectivity index (χ0) is 19.9. The highest BCUT2D eigenvalue weighted by molar-refractivity contribution is 7.09. The molecule has 1 aliphatic heterocycles. The van der Waals surface area contributed by atoms with E-state index < -0.39 is 0 Å². The number of carbonyl (C=O) groups excluding carboxylic acids is 2. The van der Waals surface area contributed by atoms with Gasteiger partial charge in [0.25, 0.3) is 5.91 Å². The van der Waals surface area contributed by atoms with E-state index in [1.807, 2.05) is 30.5 Å². The van der Waals surface area contributed by atoms with Crippen LogP contribution in [0.2, 0.25) is 5.02 Å². The van der Waals surface area contributed by atoms with E-state index in [1.165, 1.54) is 16.9 Å². The Kier molecular flexibility index (Phi) is 7.38. The van der Waals surface area contributed by atoms with E-state index in [-0.39, 0.29) is 24.8 Å². The normalized spacial score (nSPS) is 15.4. The minimum Gasteiger partial charge on any atom is -0.297 e. The summed E-state index contributed by atoms with van der Waals surface area (Å²) in [5, 5.41) is 3.38. The van der Waals surface area contributed by atoms with Crippen molar-refractivity contribution in [1.82, 2.24) is 25.6 Å². The average Bonchev–Trinajstić information content (AvgIpc) is 3.06.